The van der Waals surface area contributed by atoms with E-state index in [-0.39, 0.29) is 17.4 Å². The van der Waals surface area contributed by atoms with Crippen LogP contribution in [0.2, 0.25) is 0 Å². The smallest absolute Gasteiger partial charge is 0.295 e. The molecule has 1 aromatic carbocycles. The molecule has 2 heterocycles. The molecule has 0 radical (unpaired) electrons. The lowest BCUT2D eigenvalue weighted by Crippen LogP contribution is -2.31. The molecule has 0 saturated carbocycles. The van der Waals surface area contributed by atoms with Crippen LogP contribution in [0.3, 0.4) is 0 Å². The zero-order chi connectivity index (χ0) is 21.0. The number of aliphatic hydroxyl groups is 1. The molecule has 154 valence electrons. The number of benzene rings is 1. The number of ketones is 1. The van der Waals surface area contributed by atoms with E-state index in [2.05, 4.69) is 0 Å². The summed E-state index contributed by atoms with van der Waals surface area (Å²) in [4.78, 5) is 26.9. The van der Waals surface area contributed by atoms with Crippen LogP contribution >= 0.6 is 0 Å². The molecule has 1 aliphatic heterocycles. The van der Waals surface area contributed by atoms with Gasteiger partial charge in [0.15, 0.2) is 0 Å². The van der Waals surface area contributed by atoms with E-state index >= 15 is 0 Å². The van der Waals surface area contributed by atoms with Gasteiger partial charge in [-0.25, -0.2) is 0 Å². The van der Waals surface area contributed by atoms with Crippen molar-refractivity contribution in [1.29, 1.82) is 0 Å². The minimum atomic E-state index is -0.786. The summed E-state index contributed by atoms with van der Waals surface area (Å²) in [6.07, 6.45) is 2.12. The van der Waals surface area contributed by atoms with E-state index in [9.17, 15) is 14.7 Å². The topological polar surface area (TPSA) is 89.2 Å². The van der Waals surface area contributed by atoms with E-state index in [1.54, 1.807) is 43.5 Å². The summed E-state index contributed by atoms with van der Waals surface area (Å²) in [7, 11) is 1.54. The maximum Gasteiger partial charge on any atom is 0.295 e. The molecular weight excluding hydrogens is 374 g/mol. The number of furan rings is 1. The third kappa shape index (κ3) is 4.35. The van der Waals surface area contributed by atoms with Crippen molar-refractivity contribution >= 4 is 17.4 Å². The molecule has 1 amide bonds. The minimum Gasteiger partial charge on any atom is -0.507 e. The van der Waals surface area contributed by atoms with Gasteiger partial charge in [-0.05, 0) is 56.7 Å². The Morgan fingerprint density at radius 2 is 1.93 bits per heavy atom. The molecule has 1 aliphatic rings. The maximum atomic E-state index is 12.8. The Morgan fingerprint density at radius 3 is 2.52 bits per heavy atom. The first-order valence-corrected chi connectivity index (χ1v) is 9.52. The second-order valence-electron chi connectivity index (χ2n) is 7.01. The number of hydrogen-bond donors (Lipinski definition) is 1. The van der Waals surface area contributed by atoms with Gasteiger partial charge in [-0.2, -0.15) is 0 Å². The number of methoxy groups -OCH3 is 1. The molecule has 29 heavy (non-hydrogen) atoms. The van der Waals surface area contributed by atoms with Gasteiger partial charge in [-0.15, -0.1) is 0 Å². The van der Waals surface area contributed by atoms with Crippen molar-refractivity contribution in [3.8, 4) is 5.75 Å². The number of nitrogens with zero attached hydrogens (tertiary/aromatic N) is 1. The molecule has 0 spiro atoms. The lowest BCUT2D eigenvalue weighted by Gasteiger charge is -2.23. The predicted molar refractivity (Wildman–Crippen MR) is 106 cm³/mol. The Hall–Kier alpha value is -3.06. The van der Waals surface area contributed by atoms with Crippen molar-refractivity contribution in [2.75, 3.05) is 20.3 Å². The molecule has 0 aliphatic carbocycles. The Kier molecular flexibility index (Phi) is 6.39. The van der Waals surface area contributed by atoms with Crippen LogP contribution in [0, 0.1) is 0 Å². The average molecular weight is 399 g/mol. The van der Waals surface area contributed by atoms with Crippen molar-refractivity contribution in [1.82, 2.24) is 4.90 Å². The molecule has 1 aromatic heterocycles. The van der Waals surface area contributed by atoms with Crippen LogP contribution < -0.4 is 4.74 Å². The van der Waals surface area contributed by atoms with E-state index in [1.165, 1.54) is 11.2 Å². The van der Waals surface area contributed by atoms with E-state index < -0.39 is 17.7 Å². The normalized spacial score (nSPS) is 18.6. The van der Waals surface area contributed by atoms with Crippen LogP contribution in [0.25, 0.3) is 5.76 Å². The Bertz CT molecular complexity index is 883. The van der Waals surface area contributed by atoms with Crippen molar-refractivity contribution in [2.45, 2.75) is 32.4 Å². The lowest BCUT2D eigenvalue weighted by molar-refractivity contribution is -0.140. The monoisotopic (exact) mass is 399 g/mol. The fraction of sp³-hybridized carbons (Fsp3) is 0.364. The summed E-state index contributed by atoms with van der Waals surface area (Å²) < 4.78 is 16.2. The Morgan fingerprint density at radius 1 is 1.21 bits per heavy atom. The number of Topliss-reactive ketones (excluding diaryl/α,β-unsaturated/α-hetero) is 1. The van der Waals surface area contributed by atoms with Gasteiger partial charge in [-0.3, -0.25) is 9.59 Å². The lowest BCUT2D eigenvalue weighted by atomic mass is 9.99. The van der Waals surface area contributed by atoms with Crippen molar-refractivity contribution in [3.05, 3.63) is 59.6 Å². The van der Waals surface area contributed by atoms with Gasteiger partial charge in [0.05, 0.1) is 25.1 Å². The second kappa shape index (κ2) is 8.96. The van der Waals surface area contributed by atoms with Crippen LogP contribution in [-0.4, -0.2) is 48.1 Å². The fourth-order valence-electron chi connectivity index (χ4n) is 3.31. The molecule has 3 rings (SSSR count). The highest BCUT2D eigenvalue weighted by molar-refractivity contribution is 6.46. The fourth-order valence-corrected chi connectivity index (χ4v) is 3.31. The van der Waals surface area contributed by atoms with Gasteiger partial charge >= 0.3 is 0 Å². The highest BCUT2D eigenvalue weighted by atomic mass is 16.5. The van der Waals surface area contributed by atoms with Crippen LogP contribution in [0.1, 0.15) is 37.6 Å². The highest BCUT2D eigenvalue weighted by Crippen LogP contribution is 2.39. The molecule has 1 fully saturated rings. The summed E-state index contributed by atoms with van der Waals surface area (Å²) in [6, 6.07) is 9.22. The number of ether oxygens (including phenoxy) is 2. The molecule has 1 N–H and O–H groups in total. The van der Waals surface area contributed by atoms with E-state index in [4.69, 9.17) is 13.9 Å². The summed E-state index contributed by atoms with van der Waals surface area (Å²) in [5, 5.41) is 10.9. The van der Waals surface area contributed by atoms with Crippen molar-refractivity contribution < 1.29 is 28.6 Å². The molecule has 1 atom stereocenters. The number of rotatable bonds is 8. The largest absolute Gasteiger partial charge is 0.507 e. The summed E-state index contributed by atoms with van der Waals surface area (Å²) in [6.45, 7) is 4.64. The van der Waals surface area contributed by atoms with E-state index in [1.807, 2.05) is 13.8 Å². The zero-order valence-corrected chi connectivity index (χ0v) is 16.8. The summed E-state index contributed by atoms with van der Waals surface area (Å²) >= 11 is 0. The molecule has 2 aromatic rings. The number of hydrogen-bond acceptors (Lipinski definition) is 6. The van der Waals surface area contributed by atoms with Crippen molar-refractivity contribution in [2.24, 2.45) is 0 Å². The molecule has 1 unspecified atom stereocenters. The van der Waals surface area contributed by atoms with Crippen LogP contribution in [-0.2, 0) is 14.3 Å². The number of carbonyl (C=O) groups excluding carboxylic acids is 2. The highest BCUT2D eigenvalue weighted by Gasteiger charge is 2.47. The SMILES string of the molecule is COc1ccc(/C(O)=C2/C(=O)C(=O)N(CCCOC(C)C)C2c2ccco2)cc1. The average Bonchev–Trinajstić information content (AvgIpc) is 3.32. The molecule has 1 saturated heterocycles. The zero-order valence-electron chi connectivity index (χ0n) is 16.8. The van der Waals surface area contributed by atoms with Crippen LogP contribution in [0.15, 0.2) is 52.7 Å². The summed E-state index contributed by atoms with van der Waals surface area (Å²) in [5.41, 5.74) is 0.434. The number of amides is 1. The predicted octanol–water partition coefficient (Wildman–Crippen LogP) is 3.53. The summed E-state index contributed by atoms with van der Waals surface area (Å²) in [5.74, 6) is -0.595. The third-order valence-electron chi connectivity index (χ3n) is 4.71. The number of likely N-dealkylation sites (tertiary alicyclic amines) is 1. The van der Waals surface area contributed by atoms with Gasteiger partial charge < -0.3 is 23.9 Å². The van der Waals surface area contributed by atoms with Gasteiger partial charge in [0.2, 0.25) is 0 Å². The Balaban J connectivity index is 1.95. The molecule has 7 nitrogen and oxygen atoms in total. The first kappa shape index (κ1) is 20.7. The molecular formula is C22H25NO6. The maximum absolute atomic E-state index is 12.8. The quantitative estimate of drug-likeness (QED) is 0.316. The van der Waals surface area contributed by atoms with Gasteiger partial charge in [0.1, 0.15) is 23.3 Å². The van der Waals surface area contributed by atoms with Crippen LogP contribution in [0.5, 0.6) is 5.75 Å². The molecule has 7 heteroatoms. The second-order valence-corrected chi connectivity index (χ2v) is 7.01. The molecule has 0 bridgehead atoms. The third-order valence-corrected chi connectivity index (χ3v) is 4.71. The number of carbonyl (C=O) groups is 2. The Labute approximate surface area is 169 Å². The van der Waals surface area contributed by atoms with E-state index in [0.717, 1.165) is 0 Å². The minimum absolute atomic E-state index is 0.0138. The number of aliphatic hydroxyl groups excluding tert-OH is 1. The van der Waals surface area contributed by atoms with E-state index in [0.29, 0.717) is 36.6 Å². The first-order chi connectivity index (χ1) is 13.9. The van der Waals surface area contributed by atoms with Gasteiger partial charge in [0, 0.05) is 18.7 Å². The standard InChI is InChI=1S/C22H25NO6/c1-14(2)28-13-5-11-23-19(17-6-4-12-29-17)18(21(25)22(23)26)20(24)15-7-9-16(27-3)10-8-15/h4,6-10,12,14,19,24H,5,11,13H2,1-3H3/b20-18-. The van der Waals surface area contributed by atoms with Gasteiger partial charge in [0.25, 0.3) is 11.7 Å². The van der Waals surface area contributed by atoms with Crippen LogP contribution in [0.4, 0.5) is 0 Å². The first-order valence-electron chi connectivity index (χ1n) is 9.52. The van der Waals surface area contributed by atoms with Gasteiger partial charge in [-0.1, -0.05) is 0 Å². The van der Waals surface area contributed by atoms with Crippen molar-refractivity contribution in [3.63, 3.8) is 0 Å².